The zero-order valence-electron chi connectivity index (χ0n) is 6.03. The Morgan fingerprint density at radius 2 is 2.25 bits per heavy atom. The smallest absolute Gasteiger partial charge is 0.336 e. The van der Waals surface area contributed by atoms with E-state index in [1.54, 1.807) is 0 Å². The number of nitrogens with zero attached hydrogens (tertiary/aromatic N) is 1. The first kappa shape index (κ1) is 8.47. The topological polar surface area (TPSA) is 98.7 Å². The molecular weight excluding hydrogens is 166 g/mol. The molecule has 0 aromatic rings. The monoisotopic (exact) mass is 173 g/mol. The van der Waals surface area contributed by atoms with E-state index in [1.807, 2.05) is 5.32 Å². The van der Waals surface area contributed by atoms with Gasteiger partial charge in [-0.25, -0.2) is 4.79 Å². The molecule has 0 unspecified atom stereocenters. The Hall–Kier alpha value is -1.63. The molecule has 3 N–H and O–H groups in total. The summed E-state index contributed by atoms with van der Waals surface area (Å²) < 4.78 is 0. The highest BCUT2D eigenvalue weighted by Crippen LogP contribution is 1.88. The lowest BCUT2D eigenvalue weighted by Gasteiger charge is -2.24. The standard InChI is InChI=1S/C5H7N3O4/c9-3-1-8(2-4(10)11)7-5(12)6-3/h1-2H2,(H,10,11)(H2,6,7,9,12). The summed E-state index contributed by atoms with van der Waals surface area (Å²) in [5.41, 5.74) is 2.16. The van der Waals surface area contributed by atoms with Crippen LogP contribution in [-0.2, 0) is 9.59 Å². The molecule has 1 rings (SSSR count). The predicted molar refractivity (Wildman–Crippen MR) is 35.9 cm³/mol. The second-order valence-electron chi connectivity index (χ2n) is 2.24. The molecular formula is C5H7N3O4. The zero-order chi connectivity index (χ0) is 9.14. The number of carboxylic acids is 1. The molecule has 0 aromatic carbocycles. The van der Waals surface area contributed by atoms with Crippen molar-refractivity contribution in [1.82, 2.24) is 15.8 Å². The Kier molecular flexibility index (Phi) is 2.24. The number of carboxylic acid groups (broad SMARTS) is 1. The Balaban J connectivity index is 2.49. The van der Waals surface area contributed by atoms with Crippen molar-refractivity contribution < 1.29 is 19.5 Å². The van der Waals surface area contributed by atoms with Gasteiger partial charge < -0.3 is 5.11 Å². The molecule has 0 saturated carbocycles. The van der Waals surface area contributed by atoms with Crippen LogP contribution in [0, 0.1) is 0 Å². The summed E-state index contributed by atoms with van der Waals surface area (Å²) in [4.78, 5) is 31.4. The van der Waals surface area contributed by atoms with E-state index in [9.17, 15) is 14.4 Å². The van der Waals surface area contributed by atoms with Crippen LogP contribution in [0.25, 0.3) is 0 Å². The van der Waals surface area contributed by atoms with Gasteiger partial charge in [-0.2, -0.15) is 5.01 Å². The third-order valence-electron chi connectivity index (χ3n) is 1.17. The lowest BCUT2D eigenvalue weighted by molar-refractivity contribution is -0.139. The highest BCUT2D eigenvalue weighted by atomic mass is 16.4. The average molecular weight is 173 g/mol. The summed E-state index contributed by atoms with van der Waals surface area (Å²) in [5, 5.41) is 11.3. The molecule has 1 saturated heterocycles. The van der Waals surface area contributed by atoms with Crippen LogP contribution in [0.2, 0.25) is 0 Å². The summed E-state index contributed by atoms with van der Waals surface area (Å²) in [7, 11) is 0. The van der Waals surface area contributed by atoms with Crippen molar-refractivity contribution in [1.29, 1.82) is 0 Å². The minimum absolute atomic E-state index is 0.141. The molecule has 3 amide bonds. The van der Waals surface area contributed by atoms with Gasteiger partial charge in [0.15, 0.2) is 0 Å². The second-order valence-corrected chi connectivity index (χ2v) is 2.24. The summed E-state index contributed by atoms with van der Waals surface area (Å²) in [6, 6.07) is -0.701. The van der Waals surface area contributed by atoms with Gasteiger partial charge in [-0.05, 0) is 0 Å². The Morgan fingerprint density at radius 1 is 1.58 bits per heavy atom. The van der Waals surface area contributed by atoms with Crippen LogP contribution in [0.15, 0.2) is 0 Å². The number of aliphatic carboxylic acids is 1. The quantitative estimate of drug-likeness (QED) is 0.454. The van der Waals surface area contributed by atoms with Crippen LogP contribution in [0.1, 0.15) is 0 Å². The fourth-order valence-corrected chi connectivity index (χ4v) is 0.809. The molecule has 66 valence electrons. The summed E-state index contributed by atoms with van der Waals surface area (Å²) >= 11 is 0. The van der Waals surface area contributed by atoms with E-state index < -0.39 is 17.9 Å². The molecule has 0 spiro atoms. The molecule has 1 heterocycles. The molecule has 1 aliphatic heterocycles. The molecule has 0 bridgehead atoms. The average Bonchev–Trinajstić information content (AvgIpc) is 1.81. The fraction of sp³-hybridized carbons (Fsp3) is 0.400. The molecule has 0 aliphatic carbocycles. The molecule has 7 nitrogen and oxygen atoms in total. The fourth-order valence-electron chi connectivity index (χ4n) is 0.809. The molecule has 0 radical (unpaired) electrons. The Labute approximate surface area is 67.3 Å². The van der Waals surface area contributed by atoms with E-state index in [0.29, 0.717) is 0 Å². The van der Waals surface area contributed by atoms with E-state index in [-0.39, 0.29) is 13.1 Å². The molecule has 1 aliphatic rings. The SMILES string of the molecule is O=C(O)CN1CC(=O)NC(=O)N1. The largest absolute Gasteiger partial charge is 0.480 e. The number of hydrogen-bond donors (Lipinski definition) is 3. The number of carbonyl (C=O) groups is 3. The van der Waals surface area contributed by atoms with Crippen molar-refractivity contribution in [3.63, 3.8) is 0 Å². The minimum Gasteiger partial charge on any atom is -0.480 e. The maximum Gasteiger partial charge on any atom is 0.336 e. The van der Waals surface area contributed by atoms with E-state index in [2.05, 4.69) is 5.43 Å². The summed E-state index contributed by atoms with van der Waals surface area (Å²) in [6.45, 7) is -0.531. The van der Waals surface area contributed by atoms with Gasteiger partial charge in [-0.1, -0.05) is 0 Å². The van der Waals surface area contributed by atoms with Gasteiger partial charge in [-0.3, -0.25) is 20.3 Å². The Bertz CT molecular complexity index is 220. The van der Waals surface area contributed by atoms with Crippen LogP contribution < -0.4 is 10.7 Å². The number of imide groups is 1. The van der Waals surface area contributed by atoms with Crippen LogP contribution in [-0.4, -0.2) is 41.1 Å². The predicted octanol–water partition coefficient (Wildman–Crippen LogP) is -1.87. The normalized spacial score (nSPS) is 18.3. The van der Waals surface area contributed by atoms with E-state index in [4.69, 9.17) is 5.11 Å². The van der Waals surface area contributed by atoms with Gasteiger partial charge in [0.1, 0.15) is 6.54 Å². The number of urea groups is 1. The van der Waals surface area contributed by atoms with E-state index in [1.165, 1.54) is 0 Å². The van der Waals surface area contributed by atoms with E-state index >= 15 is 0 Å². The molecule has 0 aromatic heterocycles. The number of carbonyl (C=O) groups excluding carboxylic acids is 2. The highest BCUT2D eigenvalue weighted by molar-refractivity contribution is 5.97. The first-order chi connectivity index (χ1) is 5.58. The second kappa shape index (κ2) is 3.18. The van der Waals surface area contributed by atoms with Gasteiger partial charge in [-0.15, -0.1) is 0 Å². The van der Waals surface area contributed by atoms with Crippen LogP contribution in [0.3, 0.4) is 0 Å². The number of nitrogens with one attached hydrogen (secondary N) is 2. The van der Waals surface area contributed by atoms with Crippen molar-refractivity contribution in [2.45, 2.75) is 0 Å². The summed E-state index contributed by atoms with van der Waals surface area (Å²) in [6.07, 6.45) is 0. The summed E-state index contributed by atoms with van der Waals surface area (Å²) in [5.74, 6) is -1.62. The number of hydrazine groups is 1. The maximum absolute atomic E-state index is 10.7. The first-order valence-corrected chi connectivity index (χ1v) is 3.15. The molecule has 0 atom stereocenters. The number of hydrogen-bond acceptors (Lipinski definition) is 4. The number of rotatable bonds is 2. The number of amides is 3. The van der Waals surface area contributed by atoms with Gasteiger partial charge in [0, 0.05) is 0 Å². The maximum atomic E-state index is 10.7. The Morgan fingerprint density at radius 3 is 2.75 bits per heavy atom. The third kappa shape index (κ3) is 2.20. The third-order valence-corrected chi connectivity index (χ3v) is 1.17. The van der Waals surface area contributed by atoms with Gasteiger partial charge in [0.2, 0.25) is 5.91 Å². The highest BCUT2D eigenvalue weighted by Gasteiger charge is 2.22. The molecule has 1 fully saturated rings. The van der Waals surface area contributed by atoms with Crippen LogP contribution in [0.4, 0.5) is 4.79 Å². The van der Waals surface area contributed by atoms with Crippen molar-refractivity contribution in [3.05, 3.63) is 0 Å². The van der Waals surface area contributed by atoms with Crippen molar-refractivity contribution in [3.8, 4) is 0 Å². The van der Waals surface area contributed by atoms with Crippen molar-refractivity contribution >= 4 is 17.9 Å². The molecule has 7 heteroatoms. The van der Waals surface area contributed by atoms with Gasteiger partial charge in [0.25, 0.3) is 0 Å². The van der Waals surface area contributed by atoms with Crippen LogP contribution in [0.5, 0.6) is 0 Å². The molecule has 12 heavy (non-hydrogen) atoms. The lowest BCUT2D eigenvalue weighted by Crippen LogP contribution is -2.59. The van der Waals surface area contributed by atoms with E-state index in [0.717, 1.165) is 5.01 Å². The lowest BCUT2D eigenvalue weighted by atomic mass is 10.5. The van der Waals surface area contributed by atoms with Gasteiger partial charge >= 0.3 is 12.0 Å². The minimum atomic E-state index is -1.11. The van der Waals surface area contributed by atoms with Crippen molar-refractivity contribution in [2.75, 3.05) is 13.1 Å². The van der Waals surface area contributed by atoms with Gasteiger partial charge in [0.05, 0.1) is 6.54 Å². The van der Waals surface area contributed by atoms with Crippen molar-refractivity contribution in [2.24, 2.45) is 0 Å². The van der Waals surface area contributed by atoms with Crippen LogP contribution >= 0.6 is 0 Å². The first-order valence-electron chi connectivity index (χ1n) is 3.15. The zero-order valence-corrected chi connectivity index (χ0v) is 6.03.